The molecule has 1 atom stereocenters. The molecule has 0 spiro atoms. The summed E-state index contributed by atoms with van der Waals surface area (Å²) in [5.74, 6) is 2.06. The number of benzene rings is 2. The zero-order valence-electron chi connectivity index (χ0n) is 14.9. The maximum absolute atomic E-state index is 12.4. The van der Waals surface area contributed by atoms with Crippen molar-refractivity contribution in [3.63, 3.8) is 0 Å². The van der Waals surface area contributed by atoms with Gasteiger partial charge in [-0.25, -0.2) is 4.98 Å². The number of hydrogen-bond donors (Lipinski definition) is 1. The van der Waals surface area contributed by atoms with Crippen LogP contribution in [0.5, 0.6) is 17.2 Å². The van der Waals surface area contributed by atoms with Gasteiger partial charge in [-0.1, -0.05) is 18.2 Å². The van der Waals surface area contributed by atoms with Gasteiger partial charge in [0.15, 0.2) is 0 Å². The van der Waals surface area contributed by atoms with Crippen LogP contribution < -0.4 is 15.0 Å². The Morgan fingerprint density at radius 1 is 1.00 bits per heavy atom. The summed E-state index contributed by atoms with van der Waals surface area (Å²) in [5, 5.41) is 12.6. The van der Waals surface area contributed by atoms with Crippen LogP contribution in [-0.2, 0) is 6.54 Å². The minimum atomic E-state index is -0.837. The number of ether oxygens (including phenoxy) is 2. The fraction of sp³-hybridized carbons (Fsp3) is 0.143. The van der Waals surface area contributed by atoms with E-state index in [-0.39, 0.29) is 18.7 Å². The first-order valence-electron chi connectivity index (χ1n) is 8.75. The molecular formula is C21H18N2O4S. The predicted octanol–water partition coefficient (Wildman–Crippen LogP) is 3.69. The Morgan fingerprint density at radius 2 is 1.71 bits per heavy atom. The number of hydrogen-bond acceptors (Lipinski definition) is 6. The van der Waals surface area contributed by atoms with Gasteiger partial charge in [0.05, 0.1) is 18.3 Å². The molecule has 7 heteroatoms. The van der Waals surface area contributed by atoms with Crippen LogP contribution in [0.25, 0.3) is 10.2 Å². The zero-order valence-corrected chi connectivity index (χ0v) is 15.7. The van der Waals surface area contributed by atoms with Crippen molar-refractivity contribution in [3.8, 4) is 17.2 Å². The molecule has 1 N–H and O–H groups in total. The highest BCUT2D eigenvalue weighted by molar-refractivity contribution is 7.16. The Balaban J connectivity index is 1.33. The quantitative estimate of drug-likeness (QED) is 0.518. The van der Waals surface area contributed by atoms with Gasteiger partial charge in [0, 0.05) is 0 Å². The number of aliphatic hydroxyl groups excluding tert-OH is 1. The summed E-state index contributed by atoms with van der Waals surface area (Å²) in [6.07, 6.45) is 0.621. The van der Waals surface area contributed by atoms with E-state index in [9.17, 15) is 9.90 Å². The molecule has 0 radical (unpaired) electrons. The van der Waals surface area contributed by atoms with Gasteiger partial charge in [-0.3, -0.25) is 9.36 Å². The van der Waals surface area contributed by atoms with Gasteiger partial charge in [0.2, 0.25) is 0 Å². The molecule has 0 saturated heterocycles. The second kappa shape index (κ2) is 8.24. The summed E-state index contributed by atoms with van der Waals surface area (Å²) in [7, 11) is 0. The third-order valence-electron chi connectivity index (χ3n) is 4.10. The Labute approximate surface area is 165 Å². The Morgan fingerprint density at radius 3 is 2.50 bits per heavy atom. The van der Waals surface area contributed by atoms with Gasteiger partial charge >= 0.3 is 0 Å². The first-order valence-corrected chi connectivity index (χ1v) is 9.63. The fourth-order valence-corrected chi connectivity index (χ4v) is 3.45. The first-order chi connectivity index (χ1) is 13.7. The lowest BCUT2D eigenvalue weighted by molar-refractivity contribution is 0.0914. The lowest BCUT2D eigenvalue weighted by atomic mass is 10.3. The minimum Gasteiger partial charge on any atom is -0.491 e. The van der Waals surface area contributed by atoms with Crippen LogP contribution in [-0.4, -0.2) is 27.4 Å². The molecule has 0 aliphatic rings. The summed E-state index contributed by atoms with van der Waals surface area (Å²) in [4.78, 5) is 17.3. The highest BCUT2D eigenvalue weighted by Crippen LogP contribution is 2.23. The van der Waals surface area contributed by atoms with Gasteiger partial charge in [-0.2, -0.15) is 0 Å². The molecule has 142 valence electrons. The number of thiophene rings is 1. The van der Waals surface area contributed by atoms with Gasteiger partial charge < -0.3 is 14.6 Å². The van der Waals surface area contributed by atoms with Crippen LogP contribution in [0.1, 0.15) is 0 Å². The second-order valence-corrected chi connectivity index (χ2v) is 7.09. The monoisotopic (exact) mass is 394 g/mol. The fourth-order valence-electron chi connectivity index (χ4n) is 2.72. The average Bonchev–Trinajstić information content (AvgIpc) is 3.20. The minimum absolute atomic E-state index is 0.0625. The van der Waals surface area contributed by atoms with E-state index in [1.807, 2.05) is 35.7 Å². The lowest BCUT2D eigenvalue weighted by Crippen LogP contribution is -2.30. The van der Waals surface area contributed by atoms with Crippen molar-refractivity contribution in [3.05, 3.63) is 82.7 Å². The summed E-state index contributed by atoms with van der Waals surface area (Å²) in [6, 6.07) is 18.4. The van der Waals surface area contributed by atoms with E-state index in [0.29, 0.717) is 21.7 Å². The highest BCUT2D eigenvalue weighted by atomic mass is 32.1. The van der Waals surface area contributed by atoms with Gasteiger partial charge in [-0.05, 0) is 47.8 Å². The highest BCUT2D eigenvalue weighted by Gasteiger charge is 2.11. The molecule has 6 nitrogen and oxygen atoms in total. The molecule has 0 unspecified atom stereocenters. The molecule has 2 heterocycles. The van der Waals surface area contributed by atoms with Crippen molar-refractivity contribution in [1.82, 2.24) is 9.55 Å². The van der Waals surface area contributed by atoms with Crippen LogP contribution in [0.4, 0.5) is 0 Å². The number of aromatic nitrogens is 2. The maximum Gasteiger partial charge on any atom is 0.262 e. The van der Waals surface area contributed by atoms with Crippen LogP contribution in [0.3, 0.4) is 0 Å². The van der Waals surface area contributed by atoms with E-state index < -0.39 is 6.10 Å². The molecule has 0 aliphatic heterocycles. The van der Waals surface area contributed by atoms with Gasteiger partial charge in [0.1, 0.15) is 34.8 Å². The van der Waals surface area contributed by atoms with E-state index >= 15 is 0 Å². The van der Waals surface area contributed by atoms with E-state index in [2.05, 4.69) is 4.98 Å². The molecule has 2 aromatic carbocycles. The SMILES string of the molecule is O=c1c2ccsc2ncn1C[C@H](O)COc1ccc(Oc2ccccc2)cc1. The van der Waals surface area contributed by atoms with E-state index in [4.69, 9.17) is 9.47 Å². The van der Waals surface area contributed by atoms with Crippen molar-refractivity contribution < 1.29 is 14.6 Å². The van der Waals surface area contributed by atoms with Crippen molar-refractivity contribution >= 4 is 21.6 Å². The number of aliphatic hydroxyl groups is 1. The number of rotatable bonds is 7. The number of nitrogens with zero attached hydrogens (tertiary/aromatic N) is 2. The van der Waals surface area contributed by atoms with Crippen LogP contribution in [0.15, 0.2) is 77.2 Å². The largest absolute Gasteiger partial charge is 0.491 e. The van der Waals surface area contributed by atoms with Crippen molar-refractivity contribution in [2.45, 2.75) is 12.6 Å². The van der Waals surface area contributed by atoms with Crippen LogP contribution in [0, 0.1) is 0 Å². The molecule has 28 heavy (non-hydrogen) atoms. The van der Waals surface area contributed by atoms with Gasteiger partial charge in [-0.15, -0.1) is 11.3 Å². The lowest BCUT2D eigenvalue weighted by Gasteiger charge is -2.14. The zero-order chi connectivity index (χ0) is 19.3. The predicted molar refractivity (Wildman–Crippen MR) is 108 cm³/mol. The Kier molecular flexibility index (Phi) is 5.36. The smallest absolute Gasteiger partial charge is 0.262 e. The molecule has 2 aromatic heterocycles. The van der Waals surface area contributed by atoms with Crippen molar-refractivity contribution in [2.24, 2.45) is 0 Å². The normalized spacial score (nSPS) is 12.0. The maximum atomic E-state index is 12.4. The van der Waals surface area contributed by atoms with Gasteiger partial charge in [0.25, 0.3) is 5.56 Å². The molecule has 0 fully saturated rings. The second-order valence-electron chi connectivity index (χ2n) is 6.19. The van der Waals surface area contributed by atoms with E-state index in [0.717, 1.165) is 5.75 Å². The topological polar surface area (TPSA) is 73.6 Å². The molecule has 0 amide bonds. The summed E-state index contributed by atoms with van der Waals surface area (Å²) >= 11 is 1.42. The third kappa shape index (κ3) is 4.21. The van der Waals surface area contributed by atoms with Crippen molar-refractivity contribution in [1.29, 1.82) is 0 Å². The summed E-state index contributed by atoms with van der Waals surface area (Å²) < 4.78 is 12.8. The van der Waals surface area contributed by atoms with E-state index in [1.165, 1.54) is 22.2 Å². The Bertz CT molecular complexity index is 1110. The first kappa shape index (κ1) is 18.2. The molecule has 0 saturated carbocycles. The summed E-state index contributed by atoms with van der Waals surface area (Å²) in [6.45, 7) is 0.180. The molecule has 4 rings (SSSR count). The Hall–Kier alpha value is -3.16. The molecular weight excluding hydrogens is 376 g/mol. The standard InChI is InChI=1S/C21H18N2O4S/c24-15(12-23-14-22-20-19(21(23)25)10-11-28-20)13-26-16-6-8-18(9-7-16)27-17-4-2-1-3-5-17/h1-11,14-15,24H,12-13H2/t15-/m0/s1. The van der Waals surface area contributed by atoms with Crippen LogP contribution in [0.2, 0.25) is 0 Å². The average molecular weight is 394 g/mol. The van der Waals surface area contributed by atoms with E-state index in [1.54, 1.807) is 30.3 Å². The molecule has 4 aromatic rings. The van der Waals surface area contributed by atoms with Crippen LogP contribution >= 0.6 is 11.3 Å². The van der Waals surface area contributed by atoms with Crippen molar-refractivity contribution in [2.75, 3.05) is 6.61 Å². The summed E-state index contributed by atoms with van der Waals surface area (Å²) in [5.41, 5.74) is -0.160. The number of para-hydroxylation sites is 1. The number of fused-ring (bicyclic) bond motifs is 1. The molecule has 0 bridgehead atoms. The molecule has 0 aliphatic carbocycles. The third-order valence-corrected chi connectivity index (χ3v) is 4.92.